The molecule has 1 amide bonds. The van der Waals surface area contributed by atoms with Crippen LogP contribution in [0.2, 0.25) is 0 Å². The maximum Gasteiger partial charge on any atom is 0.261 e. The average Bonchev–Trinajstić information content (AvgIpc) is 2.94. The maximum absolute atomic E-state index is 12.2. The van der Waals surface area contributed by atoms with E-state index in [0.29, 0.717) is 27.3 Å². The summed E-state index contributed by atoms with van der Waals surface area (Å²) in [6.07, 6.45) is 1.55. The first-order valence-corrected chi connectivity index (χ1v) is 6.52. The SMILES string of the molecule is COc1ccc(C(=O)Nc2ncc(OC)s2)c(OC)c1. The third-order valence-electron chi connectivity index (χ3n) is 2.56. The highest BCUT2D eigenvalue weighted by molar-refractivity contribution is 7.17. The van der Waals surface area contributed by atoms with E-state index in [2.05, 4.69) is 10.3 Å². The van der Waals surface area contributed by atoms with Crippen molar-refractivity contribution in [2.45, 2.75) is 0 Å². The summed E-state index contributed by atoms with van der Waals surface area (Å²) in [5, 5.41) is 3.78. The number of rotatable bonds is 5. The van der Waals surface area contributed by atoms with Crippen molar-refractivity contribution in [1.82, 2.24) is 4.98 Å². The van der Waals surface area contributed by atoms with Crippen molar-refractivity contribution in [2.75, 3.05) is 26.6 Å². The van der Waals surface area contributed by atoms with E-state index in [-0.39, 0.29) is 5.91 Å². The Balaban J connectivity index is 2.20. The van der Waals surface area contributed by atoms with Gasteiger partial charge < -0.3 is 14.2 Å². The van der Waals surface area contributed by atoms with Gasteiger partial charge >= 0.3 is 0 Å². The number of nitrogens with zero attached hydrogens (tertiary/aromatic N) is 1. The molecule has 7 heteroatoms. The molecule has 1 N–H and O–H groups in total. The minimum absolute atomic E-state index is 0.304. The Labute approximate surface area is 120 Å². The smallest absolute Gasteiger partial charge is 0.261 e. The molecule has 1 aromatic heterocycles. The number of anilines is 1. The van der Waals surface area contributed by atoms with Crippen molar-refractivity contribution in [3.8, 4) is 16.6 Å². The summed E-state index contributed by atoms with van der Waals surface area (Å²) in [7, 11) is 4.60. The molecule has 1 heterocycles. The molecule has 0 unspecified atom stereocenters. The number of benzene rings is 1. The second-order valence-corrected chi connectivity index (χ2v) is 4.70. The lowest BCUT2D eigenvalue weighted by Gasteiger charge is -2.09. The van der Waals surface area contributed by atoms with Gasteiger partial charge in [0.1, 0.15) is 11.5 Å². The second-order valence-electron chi connectivity index (χ2n) is 3.71. The van der Waals surface area contributed by atoms with Crippen LogP contribution >= 0.6 is 11.3 Å². The number of methoxy groups -OCH3 is 3. The van der Waals surface area contributed by atoms with Crippen molar-refractivity contribution in [2.24, 2.45) is 0 Å². The highest BCUT2D eigenvalue weighted by atomic mass is 32.1. The number of ether oxygens (including phenoxy) is 3. The molecule has 0 radical (unpaired) electrons. The number of hydrogen-bond donors (Lipinski definition) is 1. The summed E-state index contributed by atoms with van der Waals surface area (Å²) in [6.45, 7) is 0. The third-order valence-corrected chi connectivity index (χ3v) is 3.43. The van der Waals surface area contributed by atoms with Crippen LogP contribution in [0.3, 0.4) is 0 Å². The number of hydrogen-bond acceptors (Lipinski definition) is 6. The molecule has 0 saturated heterocycles. The molecule has 2 rings (SSSR count). The van der Waals surface area contributed by atoms with E-state index >= 15 is 0 Å². The lowest BCUT2D eigenvalue weighted by molar-refractivity contribution is 0.102. The van der Waals surface area contributed by atoms with Crippen LogP contribution in [0.25, 0.3) is 0 Å². The number of amides is 1. The van der Waals surface area contributed by atoms with E-state index in [9.17, 15) is 4.79 Å². The predicted molar refractivity (Wildman–Crippen MR) is 76.2 cm³/mol. The molecule has 106 valence electrons. The molecule has 0 aliphatic rings. The van der Waals surface area contributed by atoms with Gasteiger partial charge in [-0.25, -0.2) is 4.98 Å². The fourth-order valence-corrected chi connectivity index (χ4v) is 2.19. The van der Waals surface area contributed by atoms with Crippen molar-refractivity contribution in [1.29, 1.82) is 0 Å². The molecule has 2 aromatic rings. The van der Waals surface area contributed by atoms with Gasteiger partial charge in [-0.2, -0.15) is 0 Å². The number of aromatic nitrogens is 1. The van der Waals surface area contributed by atoms with E-state index in [4.69, 9.17) is 14.2 Å². The summed E-state index contributed by atoms with van der Waals surface area (Å²) in [4.78, 5) is 16.2. The van der Waals surface area contributed by atoms with E-state index < -0.39 is 0 Å². The quantitative estimate of drug-likeness (QED) is 0.917. The van der Waals surface area contributed by atoms with Gasteiger partial charge in [-0.05, 0) is 12.1 Å². The second kappa shape index (κ2) is 6.25. The van der Waals surface area contributed by atoms with Gasteiger partial charge in [-0.3, -0.25) is 10.1 Å². The van der Waals surface area contributed by atoms with Crippen LogP contribution in [-0.2, 0) is 0 Å². The summed E-state index contributed by atoms with van der Waals surface area (Å²) in [5.74, 6) is 0.751. The zero-order chi connectivity index (χ0) is 14.5. The van der Waals surface area contributed by atoms with Crippen molar-refractivity contribution in [3.63, 3.8) is 0 Å². The number of carbonyl (C=O) groups excluding carboxylic acids is 1. The maximum atomic E-state index is 12.2. The van der Waals surface area contributed by atoms with E-state index in [0.717, 1.165) is 0 Å². The molecule has 0 bridgehead atoms. The third kappa shape index (κ3) is 3.00. The van der Waals surface area contributed by atoms with Gasteiger partial charge in [-0.1, -0.05) is 11.3 Å². The van der Waals surface area contributed by atoms with E-state index in [1.165, 1.54) is 18.4 Å². The first-order valence-electron chi connectivity index (χ1n) is 5.71. The Bertz CT molecular complexity index is 612. The topological polar surface area (TPSA) is 69.7 Å². The monoisotopic (exact) mass is 294 g/mol. The molecule has 0 fully saturated rings. The lowest BCUT2D eigenvalue weighted by atomic mass is 10.2. The average molecular weight is 294 g/mol. The number of thiazole rings is 1. The molecule has 6 nitrogen and oxygen atoms in total. The fourth-order valence-electron chi connectivity index (χ4n) is 1.56. The lowest BCUT2D eigenvalue weighted by Crippen LogP contribution is -2.13. The molecule has 0 atom stereocenters. The van der Waals surface area contributed by atoms with Crippen LogP contribution in [0.5, 0.6) is 16.6 Å². The van der Waals surface area contributed by atoms with Crippen molar-refractivity contribution >= 4 is 22.4 Å². The summed E-state index contributed by atoms with van der Waals surface area (Å²) < 4.78 is 15.3. The zero-order valence-corrected chi connectivity index (χ0v) is 12.1. The van der Waals surface area contributed by atoms with Crippen LogP contribution in [0, 0.1) is 0 Å². The van der Waals surface area contributed by atoms with Crippen LogP contribution in [0.1, 0.15) is 10.4 Å². The highest BCUT2D eigenvalue weighted by Crippen LogP contribution is 2.28. The van der Waals surface area contributed by atoms with Crippen LogP contribution < -0.4 is 19.5 Å². The Morgan fingerprint density at radius 1 is 1.20 bits per heavy atom. The van der Waals surface area contributed by atoms with Crippen LogP contribution in [0.4, 0.5) is 5.13 Å². The molecule has 0 spiro atoms. The Morgan fingerprint density at radius 3 is 2.60 bits per heavy atom. The van der Waals surface area contributed by atoms with E-state index in [1.54, 1.807) is 38.6 Å². The Hall–Kier alpha value is -2.28. The van der Waals surface area contributed by atoms with Gasteiger partial charge in [-0.15, -0.1) is 0 Å². The largest absolute Gasteiger partial charge is 0.497 e. The van der Waals surface area contributed by atoms with Crippen LogP contribution in [0.15, 0.2) is 24.4 Å². The van der Waals surface area contributed by atoms with Gasteiger partial charge in [0.15, 0.2) is 10.2 Å². The minimum Gasteiger partial charge on any atom is -0.497 e. The van der Waals surface area contributed by atoms with Gasteiger partial charge in [0.25, 0.3) is 5.91 Å². The number of nitrogens with one attached hydrogen (secondary N) is 1. The van der Waals surface area contributed by atoms with Gasteiger partial charge in [0.2, 0.25) is 0 Å². The molecule has 20 heavy (non-hydrogen) atoms. The summed E-state index contributed by atoms with van der Waals surface area (Å²) >= 11 is 1.25. The van der Waals surface area contributed by atoms with E-state index in [1.807, 2.05) is 0 Å². The molecular weight excluding hydrogens is 280 g/mol. The minimum atomic E-state index is -0.304. The first-order chi connectivity index (χ1) is 9.67. The predicted octanol–water partition coefficient (Wildman–Crippen LogP) is 2.42. The standard InChI is InChI=1S/C13H14N2O4S/c1-17-8-4-5-9(10(6-8)18-2)12(16)15-13-14-7-11(19-3)20-13/h4-7H,1-3H3,(H,14,15,16). The first kappa shape index (κ1) is 14.1. The van der Waals surface area contributed by atoms with Crippen LogP contribution in [-0.4, -0.2) is 32.2 Å². The summed E-state index contributed by atoms with van der Waals surface area (Å²) in [6, 6.07) is 4.98. The molecule has 0 aliphatic carbocycles. The zero-order valence-electron chi connectivity index (χ0n) is 11.3. The highest BCUT2D eigenvalue weighted by Gasteiger charge is 2.15. The molecular formula is C13H14N2O4S. The molecule has 1 aromatic carbocycles. The Morgan fingerprint density at radius 2 is 2.00 bits per heavy atom. The number of carbonyl (C=O) groups is 1. The molecule has 0 aliphatic heterocycles. The van der Waals surface area contributed by atoms with Crippen molar-refractivity contribution in [3.05, 3.63) is 30.0 Å². The van der Waals surface area contributed by atoms with Crippen molar-refractivity contribution < 1.29 is 19.0 Å². The summed E-state index contributed by atoms with van der Waals surface area (Å²) in [5.41, 5.74) is 0.405. The van der Waals surface area contributed by atoms with Gasteiger partial charge in [0, 0.05) is 6.07 Å². The Kier molecular flexibility index (Phi) is 4.41. The molecule has 0 saturated carbocycles. The normalized spacial score (nSPS) is 9.95. The van der Waals surface area contributed by atoms with Gasteiger partial charge in [0.05, 0.1) is 33.1 Å². The fraction of sp³-hybridized carbons (Fsp3) is 0.231.